The number of nitrogens with two attached hydrogens (primary N) is 1. The standard InChI is InChI=1S/C16H16N4O3/c1-8-10(5-4-6-12(8)23-3)13-14(17)11(16(21)22)7-20-9(2)18-19-15(13)20/h4-7H,17H2,1-3H3,(H,21,22). The maximum Gasteiger partial charge on any atom is 0.339 e. The zero-order chi connectivity index (χ0) is 16.7. The average molecular weight is 312 g/mol. The molecule has 0 saturated carbocycles. The summed E-state index contributed by atoms with van der Waals surface area (Å²) in [7, 11) is 1.58. The van der Waals surface area contributed by atoms with E-state index in [1.807, 2.05) is 25.1 Å². The van der Waals surface area contributed by atoms with Gasteiger partial charge in [-0.25, -0.2) is 4.79 Å². The maximum atomic E-state index is 11.5. The van der Waals surface area contributed by atoms with Gasteiger partial charge in [0.2, 0.25) is 0 Å². The average Bonchev–Trinajstić information content (AvgIpc) is 2.88. The molecule has 118 valence electrons. The van der Waals surface area contributed by atoms with E-state index in [1.165, 1.54) is 6.20 Å². The lowest BCUT2D eigenvalue weighted by Crippen LogP contribution is -2.08. The van der Waals surface area contributed by atoms with Crippen LogP contribution in [0.2, 0.25) is 0 Å². The van der Waals surface area contributed by atoms with Crippen molar-refractivity contribution in [2.24, 2.45) is 0 Å². The summed E-state index contributed by atoms with van der Waals surface area (Å²) in [5.41, 5.74) is 9.00. The molecule has 0 saturated heterocycles. The van der Waals surface area contributed by atoms with Crippen LogP contribution in [-0.2, 0) is 0 Å². The number of hydrogen-bond donors (Lipinski definition) is 2. The first kappa shape index (κ1) is 14.8. The maximum absolute atomic E-state index is 11.5. The van der Waals surface area contributed by atoms with E-state index in [9.17, 15) is 9.90 Å². The molecule has 0 atom stereocenters. The van der Waals surface area contributed by atoms with Gasteiger partial charge >= 0.3 is 5.97 Å². The lowest BCUT2D eigenvalue weighted by molar-refractivity contribution is 0.0697. The van der Waals surface area contributed by atoms with Crippen molar-refractivity contribution in [3.63, 3.8) is 0 Å². The Hall–Kier alpha value is -3.09. The highest BCUT2D eigenvalue weighted by molar-refractivity contribution is 6.02. The van der Waals surface area contributed by atoms with Gasteiger partial charge in [0.15, 0.2) is 5.65 Å². The van der Waals surface area contributed by atoms with Gasteiger partial charge < -0.3 is 15.6 Å². The van der Waals surface area contributed by atoms with Crippen molar-refractivity contribution in [1.29, 1.82) is 0 Å². The van der Waals surface area contributed by atoms with Crippen molar-refractivity contribution in [1.82, 2.24) is 14.6 Å². The minimum Gasteiger partial charge on any atom is -0.496 e. The van der Waals surface area contributed by atoms with E-state index in [2.05, 4.69) is 10.2 Å². The van der Waals surface area contributed by atoms with E-state index < -0.39 is 5.97 Å². The van der Waals surface area contributed by atoms with Gasteiger partial charge in [0.25, 0.3) is 0 Å². The molecule has 0 aliphatic rings. The second-order valence-corrected chi connectivity index (χ2v) is 5.21. The summed E-state index contributed by atoms with van der Waals surface area (Å²) < 4.78 is 6.97. The highest BCUT2D eigenvalue weighted by atomic mass is 16.5. The summed E-state index contributed by atoms with van der Waals surface area (Å²) in [6, 6.07) is 5.52. The van der Waals surface area contributed by atoms with Crippen LogP contribution in [0, 0.1) is 13.8 Å². The largest absolute Gasteiger partial charge is 0.496 e. The number of rotatable bonds is 3. The number of benzene rings is 1. The quantitative estimate of drug-likeness (QED) is 0.769. The predicted octanol–water partition coefficient (Wildman–Crippen LogP) is 2.30. The molecule has 23 heavy (non-hydrogen) atoms. The number of nitrogen functional groups attached to an aromatic ring is 1. The van der Waals surface area contributed by atoms with Crippen molar-refractivity contribution in [2.45, 2.75) is 13.8 Å². The Morgan fingerprint density at radius 3 is 2.70 bits per heavy atom. The van der Waals surface area contributed by atoms with Crippen molar-refractivity contribution < 1.29 is 14.6 Å². The van der Waals surface area contributed by atoms with Crippen LogP contribution in [0.15, 0.2) is 24.4 Å². The van der Waals surface area contributed by atoms with E-state index in [0.717, 1.165) is 11.1 Å². The fourth-order valence-corrected chi connectivity index (χ4v) is 2.69. The number of carboxylic acids is 1. The molecule has 3 rings (SSSR count). The Balaban J connectivity index is 2.46. The normalized spacial score (nSPS) is 10.9. The zero-order valence-electron chi connectivity index (χ0n) is 13.0. The van der Waals surface area contributed by atoms with Crippen molar-refractivity contribution in [3.8, 4) is 16.9 Å². The van der Waals surface area contributed by atoms with Crippen LogP contribution in [0.5, 0.6) is 5.75 Å². The Labute approximate surface area is 132 Å². The molecule has 0 fully saturated rings. The third kappa shape index (κ3) is 2.17. The third-order valence-corrected chi connectivity index (χ3v) is 3.91. The van der Waals surface area contributed by atoms with Gasteiger partial charge in [0.05, 0.1) is 23.9 Å². The van der Waals surface area contributed by atoms with Crippen LogP contribution in [0.3, 0.4) is 0 Å². The number of methoxy groups -OCH3 is 1. The Bertz CT molecular complexity index is 931. The zero-order valence-corrected chi connectivity index (χ0v) is 13.0. The van der Waals surface area contributed by atoms with E-state index in [-0.39, 0.29) is 11.3 Å². The first-order valence-corrected chi connectivity index (χ1v) is 6.96. The van der Waals surface area contributed by atoms with Crippen LogP contribution in [0.4, 0.5) is 5.69 Å². The molecule has 0 radical (unpaired) electrons. The number of pyridine rings is 1. The van der Waals surface area contributed by atoms with E-state index >= 15 is 0 Å². The lowest BCUT2D eigenvalue weighted by atomic mass is 9.97. The summed E-state index contributed by atoms with van der Waals surface area (Å²) in [4.78, 5) is 11.5. The molecule has 0 bridgehead atoms. The summed E-state index contributed by atoms with van der Waals surface area (Å²) in [6.45, 7) is 3.64. The van der Waals surface area contributed by atoms with Gasteiger partial charge in [0, 0.05) is 6.20 Å². The number of hydrogen-bond acceptors (Lipinski definition) is 5. The molecule has 0 amide bonds. The summed E-state index contributed by atoms with van der Waals surface area (Å²) in [5, 5.41) is 17.6. The molecule has 2 aromatic heterocycles. The summed E-state index contributed by atoms with van der Waals surface area (Å²) >= 11 is 0. The molecule has 0 spiro atoms. The number of carboxylic acid groups (broad SMARTS) is 1. The Kier molecular flexibility index (Phi) is 3.40. The van der Waals surface area contributed by atoms with Crippen LogP contribution in [-0.4, -0.2) is 32.8 Å². The molecular formula is C16H16N4O3. The minimum absolute atomic E-state index is 0.0117. The van der Waals surface area contributed by atoms with Crippen molar-refractivity contribution >= 4 is 17.3 Å². The first-order valence-electron chi connectivity index (χ1n) is 6.96. The van der Waals surface area contributed by atoms with Crippen LogP contribution >= 0.6 is 0 Å². The second kappa shape index (κ2) is 5.28. The van der Waals surface area contributed by atoms with Crippen LogP contribution in [0.25, 0.3) is 16.8 Å². The smallest absolute Gasteiger partial charge is 0.339 e. The number of fused-ring (bicyclic) bond motifs is 1. The lowest BCUT2D eigenvalue weighted by Gasteiger charge is -2.15. The summed E-state index contributed by atoms with van der Waals surface area (Å²) in [6.07, 6.45) is 1.45. The Morgan fingerprint density at radius 1 is 1.30 bits per heavy atom. The number of aromatic carboxylic acids is 1. The van der Waals surface area contributed by atoms with E-state index in [4.69, 9.17) is 10.5 Å². The van der Waals surface area contributed by atoms with Gasteiger partial charge in [-0.2, -0.15) is 0 Å². The van der Waals surface area contributed by atoms with Gasteiger partial charge in [-0.15, -0.1) is 10.2 Å². The second-order valence-electron chi connectivity index (χ2n) is 5.21. The number of aromatic nitrogens is 3. The topological polar surface area (TPSA) is 103 Å². The summed E-state index contributed by atoms with van der Waals surface area (Å²) in [5.74, 6) is 0.181. The van der Waals surface area contributed by atoms with Gasteiger partial charge in [-0.3, -0.25) is 4.40 Å². The van der Waals surface area contributed by atoms with Gasteiger partial charge in [-0.1, -0.05) is 12.1 Å². The van der Waals surface area contributed by atoms with E-state index in [1.54, 1.807) is 18.4 Å². The van der Waals surface area contributed by atoms with Crippen molar-refractivity contribution in [3.05, 3.63) is 41.3 Å². The van der Waals surface area contributed by atoms with Crippen molar-refractivity contribution in [2.75, 3.05) is 12.8 Å². The fourth-order valence-electron chi connectivity index (χ4n) is 2.69. The van der Waals surface area contributed by atoms with Gasteiger partial charge in [0.1, 0.15) is 11.6 Å². The molecule has 3 N–H and O–H groups in total. The Morgan fingerprint density at radius 2 is 2.04 bits per heavy atom. The van der Waals surface area contributed by atoms with Crippen LogP contribution in [0.1, 0.15) is 21.7 Å². The number of aryl methyl sites for hydroxylation is 1. The monoisotopic (exact) mass is 312 g/mol. The molecule has 0 aliphatic carbocycles. The molecule has 7 nitrogen and oxygen atoms in total. The fraction of sp³-hybridized carbons (Fsp3) is 0.188. The number of carbonyl (C=O) groups is 1. The number of nitrogens with zero attached hydrogens (tertiary/aromatic N) is 3. The number of anilines is 1. The molecular weight excluding hydrogens is 296 g/mol. The highest BCUT2D eigenvalue weighted by Crippen LogP contribution is 2.37. The van der Waals surface area contributed by atoms with Gasteiger partial charge in [-0.05, 0) is 31.0 Å². The number of ether oxygens (including phenoxy) is 1. The SMILES string of the molecule is COc1cccc(-c2c(N)c(C(=O)O)cn3c(C)nnc23)c1C. The molecule has 7 heteroatoms. The molecule has 0 unspecified atom stereocenters. The highest BCUT2D eigenvalue weighted by Gasteiger charge is 2.21. The van der Waals surface area contributed by atoms with E-state index in [0.29, 0.717) is 22.8 Å². The first-order chi connectivity index (χ1) is 11.0. The molecule has 0 aliphatic heterocycles. The minimum atomic E-state index is -1.10. The molecule has 2 heterocycles. The molecule has 3 aromatic rings. The molecule has 1 aromatic carbocycles. The predicted molar refractivity (Wildman–Crippen MR) is 85.8 cm³/mol. The van der Waals surface area contributed by atoms with Crippen LogP contribution < -0.4 is 10.5 Å². The third-order valence-electron chi connectivity index (χ3n) is 3.91.